The van der Waals surface area contributed by atoms with Crippen LogP contribution in [0.25, 0.3) is 11.0 Å². The molecule has 39 heavy (non-hydrogen) atoms. The topological polar surface area (TPSA) is 140 Å². The van der Waals surface area contributed by atoms with Crippen LogP contribution in [0.2, 0.25) is 0 Å². The number of benzene rings is 2. The molecule has 5 rings (SSSR count). The van der Waals surface area contributed by atoms with Gasteiger partial charge in [0.15, 0.2) is 17.3 Å². The van der Waals surface area contributed by atoms with E-state index in [2.05, 4.69) is 5.32 Å². The Kier molecular flexibility index (Phi) is 6.30. The number of phenolic OH excluding ortho intramolecular Hbond substituents is 2. The van der Waals surface area contributed by atoms with Gasteiger partial charge in [0.25, 0.3) is 0 Å². The highest BCUT2D eigenvalue weighted by Crippen LogP contribution is 2.57. The number of para-hydroxylation sites is 2. The molecule has 3 N–H and O–H groups in total. The van der Waals surface area contributed by atoms with E-state index in [-0.39, 0.29) is 46.1 Å². The lowest BCUT2D eigenvalue weighted by atomic mass is 9.70. The molecule has 1 atom stereocenters. The predicted molar refractivity (Wildman–Crippen MR) is 142 cm³/mol. The molecule has 3 aromatic rings. The molecule has 2 aromatic carbocycles. The molecule has 0 radical (unpaired) electrons. The molecule has 0 bridgehead atoms. The highest BCUT2D eigenvalue weighted by atomic mass is 16.5. The number of aromatic nitrogens is 2. The summed E-state index contributed by atoms with van der Waals surface area (Å²) in [5.74, 6) is -1.86. The number of fused-ring (bicyclic) bond motifs is 4. The molecular weight excluding hydrogens is 502 g/mol. The normalized spacial score (nSPS) is 19.5. The fraction of sp³-hybridized carbons (Fsp3) is 0.310. The summed E-state index contributed by atoms with van der Waals surface area (Å²) in [6.07, 6.45) is 1.20. The Morgan fingerprint density at radius 2 is 1.90 bits per heavy atom. The highest BCUT2D eigenvalue weighted by molar-refractivity contribution is 6.31. The van der Waals surface area contributed by atoms with Crippen molar-refractivity contribution in [3.05, 3.63) is 69.9 Å². The summed E-state index contributed by atoms with van der Waals surface area (Å²) >= 11 is 0. The maximum Gasteiger partial charge on any atom is 0.194 e. The van der Waals surface area contributed by atoms with Gasteiger partial charge in [0.2, 0.25) is 0 Å². The molecule has 10 nitrogen and oxygen atoms in total. The molecule has 0 spiro atoms. The molecule has 10 heteroatoms. The van der Waals surface area contributed by atoms with E-state index < -0.39 is 28.5 Å². The van der Waals surface area contributed by atoms with Crippen LogP contribution in [0.1, 0.15) is 48.1 Å². The molecular formula is C29H29N3O7. The zero-order chi connectivity index (χ0) is 28.2. The summed E-state index contributed by atoms with van der Waals surface area (Å²) in [5.41, 5.74) is 0.386. The standard InChI is InChI=1S/C29H29N3O7/c1-14-25(35)23(16(3)33)27-24(26(14)36)29(4)20(39-27)12-19(34)22(28(29)37)15(2)30-13-21-31-17-8-6-7-9-18(17)32(21)10-11-38-5/h6-9,12,30,35-36H,10-11,13H2,1-5H3/b22-15+/t29-/m1/s1. The molecule has 1 aliphatic carbocycles. The predicted octanol–water partition coefficient (Wildman–Crippen LogP) is 3.35. The number of nitrogens with one attached hydrogen (secondary N) is 1. The van der Waals surface area contributed by atoms with E-state index in [1.54, 1.807) is 14.0 Å². The molecule has 1 aliphatic heterocycles. The van der Waals surface area contributed by atoms with Crippen LogP contribution in [-0.2, 0) is 32.8 Å². The molecule has 0 saturated heterocycles. The smallest absolute Gasteiger partial charge is 0.194 e. The number of rotatable bonds is 7. The first-order chi connectivity index (χ1) is 18.5. The van der Waals surface area contributed by atoms with Gasteiger partial charge in [-0.1, -0.05) is 12.1 Å². The molecule has 2 aliphatic rings. The number of phenols is 2. The summed E-state index contributed by atoms with van der Waals surface area (Å²) in [5, 5.41) is 24.7. The molecule has 202 valence electrons. The molecule has 0 amide bonds. The summed E-state index contributed by atoms with van der Waals surface area (Å²) in [7, 11) is 1.62. The number of carbonyl (C=O) groups excluding carboxylic acids is 3. The number of hydrogen-bond acceptors (Lipinski definition) is 9. The summed E-state index contributed by atoms with van der Waals surface area (Å²) in [4.78, 5) is 44.3. The van der Waals surface area contributed by atoms with Crippen LogP contribution in [0.3, 0.4) is 0 Å². The fourth-order valence-electron chi connectivity index (χ4n) is 5.35. The summed E-state index contributed by atoms with van der Waals surface area (Å²) in [6, 6.07) is 7.71. The lowest BCUT2D eigenvalue weighted by molar-refractivity contribution is -0.123. The zero-order valence-corrected chi connectivity index (χ0v) is 22.3. The quantitative estimate of drug-likeness (QED) is 0.238. The number of nitrogens with zero attached hydrogens (tertiary/aromatic N) is 2. The SMILES string of the molecule is COCCn1c(CN/C(C)=C2\C(=O)C=C3Oc4c(C(C)=O)c(O)c(C)c(O)c4[C@]3(C)C2=O)nc2ccccc21. The number of ether oxygens (including phenoxy) is 2. The van der Waals surface area contributed by atoms with Crippen molar-refractivity contribution >= 4 is 28.4 Å². The third kappa shape index (κ3) is 3.82. The Labute approximate surface area is 224 Å². The van der Waals surface area contributed by atoms with Gasteiger partial charge in [-0.2, -0.15) is 0 Å². The van der Waals surface area contributed by atoms with Gasteiger partial charge in [-0.05, 0) is 39.8 Å². The first-order valence-corrected chi connectivity index (χ1v) is 12.5. The Morgan fingerprint density at radius 1 is 1.18 bits per heavy atom. The van der Waals surface area contributed by atoms with Gasteiger partial charge >= 0.3 is 0 Å². The van der Waals surface area contributed by atoms with Gasteiger partial charge in [0.05, 0.1) is 35.3 Å². The maximum atomic E-state index is 14.0. The van der Waals surface area contributed by atoms with Crippen molar-refractivity contribution in [3.63, 3.8) is 0 Å². The number of aromatic hydroxyl groups is 2. The third-order valence-corrected chi connectivity index (χ3v) is 7.52. The van der Waals surface area contributed by atoms with Crippen LogP contribution in [0, 0.1) is 6.92 Å². The molecule has 0 fully saturated rings. The van der Waals surface area contributed by atoms with Gasteiger partial charge in [0.1, 0.15) is 39.8 Å². The largest absolute Gasteiger partial charge is 0.507 e. The van der Waals surface area contributed by atoms with E-state index in [9.17, 15) is 24.6 Å². The molecule has 1 aromatic heterocycles. The highest BCUT2D eigenvalue weighted by Gasteiger charge is 2.56. The summed E-state index contributed by atoms with van der Waals surface area (Å²) < 4.78 is 13.1. The first-order valence-electron chi connectivity index (χ1n) is 12.5. The number of methoxy groups -OCH3 is 1. The van der Waals surface area contributed by atoms with E-state index in [4.69, 9.17) is 14.5 Å². The van der Waals surface area contributed by atoms with Crippen molar-refractivity contribution in [1.29, 1.82) is 0 Å². The minimum atomic E-state index is -1.57. The lowest BCUT2D eigenvalue weighted by Crippen LogP contribution is -2.41. The first kappa shape index (κ1) is 26.2. The average molecular weight is 532 g/mol. The van der Waals surface area contributed by atoms with Crippen molar-refractivity contribution in [2.24, 2.45) is 0 Å². The third-order valence-electron chi connectivity index (χ3n) is 7.52. The van der Waals surface area contributed by atoms with Crippen molar-refractivity contribution in [1.82, 2.24) is 14.9 Å². The molecule has 0 saturated carbocycles. The van der Waals surface area contributed by atoms with Crippen molar-refractivity contribution in [3.8, 4) is 17.2 Å². The van der Waals surface area contributed by atoms with Crippen LogP contribution in [0.15, 0.2) is 47.4 Å². The van der Waals surface area contributed by atoms with Gasteiger partial charge in [-0.15, -0.1) is 0 Å². The number of hydrogen-bond donors (Lipinski definition) is 3. The van der Waals surface area contributed by atoms with E-state index in [1.165, 1.54) is 26.8 Å². The monoisotopic (exact) mass is 531 g/mol. The lowest BCUT2D eigenvalue weighted by Gasteiger charge is -2.29. The Morgan fingerprint density at radius 3 is 2.59 bits per heavy atom. The molecule has 0 unspecified atom stereocenters. The fourth-order valence-corrected chi connectivity index (χ4v) is 5.35. The number of ketones is 3. The second-order valence-corrected chi connectivity index (χ2v) is 9.90. The summed E-state index contributed by atoms with van der Waals surface area (Å²) in [6.45, 7) is 7.16. The minimum Gasteiger partial charge on any atom is -0.507 e. The van der Waals surface area contributed by atoms with E-state index in [0.717, 1.165) is 11.0 Å². The van der Waals surface area contributed by atoms with Gasteiger partial charge in [0, 0.05) is 31.0 Å². The molecule has 2 heterocycles. The minimum absolute atomic E-state index is 0.00629. The van der Waals surface area contributed by atoms with Crippen LogP contribution >= 0.6 is 0 Å². The number of imidazole rings is 1. The van der Waals surface area contributed by atoms with Gasteiger partial charge in [-0.3, -0.25) is 14.4 Å². The van der Waals surface area contributed by atoms with Crippen molar-refractivity contribution < 1.29 is 34.1 Å². The second kappa shape index (κ2) is 9.39. The average Bonchev–Trinajstić information content (AvgIpc) is 3.39. The number of carbonyl (C=O) groups is 3. The van der Waals surface area contributed by atoms with Gasteiger partial charge in [-0.25, -0.2) is 4.98 Å². The Hall–Kier alpha value is -4.44. The van der Waals surface area contributed by atoms with Crippen LogP contribution in [0.4, 0.5) is 0 Å². The maximum absolute atomic E-state index is 14.0. The number of allylic oxidation sites excluding steroid dienone is 4. The second-order valence-electron chi connectivity index (χ2n) is 9.90. The van der Waals surface area contributed by atoms with Crippen LogP contribution in [0.5, 0.6) is 17.2 Å². The van der Waals surface area contributed by atoms with Crippen LogP contribution < -0.4 is 10.1 Å². The van der Waals surface area contributed by atoms with E-state index in [0.29, 0.717) is 24.7 Å². The van der Waals surface area contributed by atoms with E-state index in [1.807, 2.05) is 28.8 Å². The Balaban J connectivity index is 1.55. The van der Waals surface area contributed by atoms with Crippen molar-refractivity contribution in [2.45, 2.75) is 46.2 Å². The Bertz CT molecular complexity index is 1650. The van der Waals surface area contributed by atoms with E-state index >= 15 is 0 Å². The number of Topliss-reactive ketones (excluding diaryl/α,β-unsaturated/α-hetero) is 2. The van der Waals surface area contributed by atoms with Crippen molar-refractivity contribution in [2.75, 3.05) is 13.7 Å². The zero-order valence-electron chi connectivity index (χ0n) is 22.3. The van der Waals surface area contributed by atoms with Crippen LogP contribution in [-0.4, -0.2) is 50.8 Å². The van der Waals surface area contributed by atoms with Gasteiger partial charge < -0.3 is 29.6 Å².